The zero-order valence-corrected chi connectivity index (χ0v) is 23.3. The van der Waals surface area contributed by atoms with Gasteiger partial charge in [0.05, 0.1) is 11.3 Å². The molecule has 3 aliphatic rings. The van der Waals surface area contributed by atoms with Crippen LogP contribution in [0.4, 0.5) is 0 Å². The van der Waals surface area contributed by atoms with Crippen LogP contribution in [0.3, 0.4) is 0 Å². The lowest BCUT2D eigenvalue weighted by molar-refractivity contribution is -0.219. The summed E-state index contributed by atoms with van der Waals surface area (Å²) in [6.07, 6.45) is -1.75. The van der Waals surface area contributed by atoms with Gasteiger partial charge in [0.1, 0.15) is 24.9 Å². The molecule has 0 radical (unpaired) electrons. The summed E-state index contributed by atoms with van der Waals surface area (Å²) in [6, 6.07) is 0. The van der Waals surface area contributed by atoms with Gasteiger partial charge in [0.25, 0.3) is 0 Å². The second-order valence-electron chi connectivity index (χ2n) is 10.9. The van der Waals surface area contributed by atoms with Crippen LogP contribution in [0.15, 0.2) is 23.8 Å². The number of aliphatic hydroxyl groups is 1. The molecule has 0 amide bonds. The minimum absolute atomic E-state index is 0.168. The van der Waals surface area contributed by atoms with Crippen LogP contribution in [-0.2, 0) is 47.7 Å². The van der Waals surface area contributed by atoms with E-state index < -0.39 is 77.1 Å². The Morgan fingerprint density at radius 3 is 2.03 bits per heavy atom. The van der Waals surface area contributed by atoms with Crippen LogP contribution in [-0.4, -0.2) is 71.6 Å². The van der Waals surface area contributed by atoms with Gasteiger partial charge in [-0.2, -0.15) is 0 Å². The van der Waals surface area contributed by atoms with Gasteiger partial charge in [0.2, 0.25) is 0 Å². The van der Waals surface area contributed by atoms with Crippen LogP contribution in [0.1, 0.15) is 67.2 Å². The van der Waals surface area contributed by atoms with Gasteiger partial charge in [0.15, 0.2) is 11.7 Å². The Kier molecular flexibility index (Phi) is 8.94. The molecule has 8 atom stereocenters. The average molecular weight is 551 g/mol. The number of carbonyl (C=O) groups excluding carboxylic acids is 5. The second-order valence-corrected chi connectivity index (χ2v) is 10.9. The highest BCUT2D eigenvalue weighted by atomic mass is 16.6. The molecule has 0 spiro atoms. The molecule has 3 rings (SSSR count). The summed E-state index contributed by atoms with van der Waals surface area (Å²) in [4.78, 5) is 61.5. The van der Waals surface area contributed by atoms with Crippen molar-refractivity contribution in [3.8, 4) is 0 Å². The highest BCUT2D eigenvalue weighted by Crippen LogP contribution is 2.56. The molecule has 0 aromatic rings. The second kappa shape index (κ2) is 11.5. The molecule has 0 aromatic heterocycles. The summed E-state index contributed by atoms with van der Waals surface area (Å²) in [5.74, 6) is -5.18. The first-order valence-electron chi connectivity index (χ1n) is 13.1. The van der Waals surface area contributed by atoms with E-state index in [-0.39, 0.29) is 19.4 Å². The molecule has 0 aromatic carbocycles. The predicted octanol–water partition coefficient (Wildman–Crippen LogP) is 2.33. The number of rotatable bonds is 5. The number of carbonyl (C=O) groups is 5. The summed E-state index contributed by atoms with van der Waals surface area (Å²) in [5.41, 5.74) is -2.26. The monoisotopic (exact) mass is 550 g/mol. The van der Waals surface area contributed by atoms with Crippen LogP contribution in [0, 0.1) is 17.3 Å². The zero-order chi connectivity index (χ0) is 29.3. The molecule has 2 fully saturated rings. The topological polar surface area (TPSA) is 152 Å². The lowest BCUT2D eigenvalue weighted by Crippen LogP contribution is -2.65. The smallest absolute Gasteiger partial charge is 0.312 e. The molecule has 39 heavy (non-hydrogen) atoms. The quantitative estimate of drug-likeness (QED) is 0.305. The van der Waals surface area contributed by atoms with E-state index >= 15 is 0 Å². The van der Waals surface area contributed by atoms with Crippen molar-refractivity contribution in [1.29, 1.82) is 0 Å². The fourth-order valence-corrected chi connectivity index (χ4v) is 6.32. The van der Waals surface area contributed by atoms with Gasteiger partial charge in [-0.05, 0) is 44.3 Å². The molecule has 1 saturated carbocycles. The summed E-state index contributed by atoms with van der Waals surface area (Å²) in [5, 5.41) is 12.4. The van der Waals surface area contributed by atoms with Crippen molar-refractivity contribution in [2.45, 2.75) is 97.2 Å². The molecule has 0 bridgehead atoms. The third kappa shape index (κ3) is 5.88. The summed E-state index contributed by atoms with van der Waals surface area (Å²) in [7, 11) is 0. The van der Waals surface area contributed by atoms with Crippen LogP contribution < -0.4 is 0 Å². The Bertz CT molecular complexity index is 1080. The van der Waals surface area contributed by atoms with Gasteiger partial charge in [-0.25, -0.2) is 0 Å². The Morgan fingerprint density at radius 1 is 0.974 bits per heavy atom. The highest BCUT2D eigenvalue weighted by Gasteiger charge is 2.67. The fourth-order valence-electron chi connectivity index (χ4n) is 6.32. The SMILES string of the molecule is C=C1CCC(OC(C)=O)[C@@]2(C)C1[C@H](OC(C)=O)C1(O)C(C)C(=O)O[C@H]1/C=C(/COC(C)=O)CC[C@@H]2OC(C)=O. The van der Waals surface area contributed by atoms with Crippen molar-refractivity contribution >= 4 is 29.8 Å². The van der Waals surface area contributed by atoms with E-state index in [0.29, 0.717) is 24.0 Å². The number of hydrogen-bond donors (Lipinski definition) is 1. The van der Waals surface area contributed by atoms with Gasteiger partial charge < -0.3 is 28.8 Å². The van der Waals surface area contributed by atoms with Gasteiger partial charge in [-0.15, -0.1) is 0 Å². The molecular weight excluding hydrogens is 512 g/mol. The van der Waals surface area contributed by atoms with Crippen molar-refractivity contribution in [2.75, 3.05) is 6.61 Å². The zero-order valence-electron chi connectivity index (χ0n) is 23.3. The number of esters is 5. The first-order chi connectivity index (χ1) is 18.1. The van der Waals surface area contributed by atoms with E-state index in [2.05, 4.69) is 6.58 Å². The maximum Gasteiger partial charge on any atom is 0.312 e. The molecule has 1 saturated heterocycles. The Balaban J connectivity index is 2.33. The molecule has 1 heterocycles. The summed E-state index contributed by atoms with van der Waals surface area (Å²) in [6.45, 7) is 12.2. The van der Waals surface area contributed by atoms with E-state index in [1.54, 1.807) is 6.92 Å². The minimum atomic E-state index is -2.09. The van der Waals surface area contributed by atoms with Crippen molar-refractivity contribution in [2.24, 2.45) is 17.3 Å². The Labute approximate surface area is 227 Å². The van der Waals surface area contributed by atoms with E-state index in [0.717, 1.165) is 0 Å². The van der Waals surface area contributed by atoms with Crippen molar-refractivity contribution in [3.63, 3.8) is 0 Å². The largest absolute Gasteiger partial charge is 0.462 e. The summed E-state index contributed by atoms with van der Waals surface area (Å²) >= 11 is 0. The van der Waals surface area contributed by atoms with Gasteiger partial charge in [0, 0.05) is 33.6 Å². The minimum Gasteiger partial charge on any atom is -0.462 e. The number of ether oxygens (including phenoxy) is 5. The first kappa shape index (κ1) is 30.3. The van der Waals surface area contributed by atoms with E-state index in [1.165, 1.54) is 40.7 Å². The molecular formula is C28H38O11. The van der Waals surface area contributed by atoms with Crippen LogP contribution in [0.2, 0.25) is 0 Å². The van der Waals surface area contributed by atoms with Crippen LogP contribution >= 0.6 is 0 Å². The highest BCUT2D eigenvalue weighted by molar-refractivity contribution is 5.78. The molecule has 11 heteroatoms. The van der Waals surface area contributed by atoms with Crippen LogP contribution in [0.25, 0.3) is 0 Å². The molecule has 1 aliphatic heterocycles. The van der Waals surface area contributed by atoms with Crippen molar-refractivity contribution in [3.05, 3.63) is 23.8 Å². The van der Waals surface area contributed by atoms with Crippen LogP contribution in [0.5, 0.6) is 0 Å². The molecule has 216 valence electrons. The maximum atomic E-state index is 12.9. The predicted molar refractivity (Wildman–Crippen MR) is 135 cm³/mol. The average Bonchev–Trinajstić information content (AvgIpc) is 3.03. The van der Waals surface area contributed by atoms with Gasteiger partial charge in [-0.1, -0.05) is 19.1 Å². The molecule has 1 N–H and O–H groups in total. The standard InChI is InChI=1S/C28H38O11/c1-14-8-10-21(36-17(4)30)27(7)22(37-18(5)31)11-9-20(13-35-16(3)29)12-23-28(34,15(2)26(33)39-23)25(24(14)27)38-19(6)32/h12,15,21-25,34H,1,8-11,13H2,2-7H3/b20-12+/t15?,21?,22-,23-,24?,25-,27+,28?/m0/s1. The lowest BCUT2D eigenvalue weighted by atomic mass is 9.55. The van der Waals surface area contributed by atoms with Gasteiger partial charge in [-0.3, -0.25) is 24.0 Å². The maximum absolute atomic E-state index is 12.9. The summed E-state index contributed by atoms with van der Waals surface area (Å²) < 4.78 is 28.2. The Morgan fingerprint density at radius 2 is 1.51 bits per heavy atom. The molecule has 4 unspecified atom stereocenters. The molecule has 11 nitrogen and oxygen atoms in total. The van der Waals surface area contributed by atoms with E-state index in [4.69, 9.17) is 23.7 Å². The van der Waals surface area contributed by atoms with Crippen molar-refractivity contribution in [1.82, 2.24) is 0 Å². The third-order valence-electron chi connectivity index (χ3n) is 8.21. The van der Waals surface area contributed by atoms with Gasteiger partial charge >= 0.3 is 29.8 Å². The first-order valence-corrected chi connectivity index (χ1v) is 13.1. The van der Waals surface area contributed by atoms with E-state index in [9.17, 15) is 29.1 Å². The third-order valence-corrected chi connectivity index (χ3v) is 8.21. The van der Waals surface area contributed by atoms with Crippen molar-refractivity contribution < 1.29 is 52.8 Å². The molecule has 2 aliphatic carbocycles. The number of fused-ring (bicyclic) bond motifs is 2. The van der Waals surface area contributed by atoms with E-state index in [1.807, 2.05) is 0 Å². The normalized spacial score (nSPS) is 37.7. The fraction of sp³-hybridized carbons (Fsp3) is 0.679. The number of hydrogen-bond acceptors (Lipinski definition) is 11. The Hall–Kier alpha value is -3.21. The lowest BCUT2D eigenvalue weighted by Gasteiger charge is -2.55.